The van der Waals surface area contributed by atoms with Crippen LogP contribution in [-0.2, 0) is 9.53 Å². The summed E-state index contributed by atoms with van der Waals surface area (Å²) in [5.74, 6) is -0.942. The molecule has 1 heterocycles. The zero-order valence-corrected chi connectivity index (χ0v) is 16.7. The molecule has 0 saturated heterocycles. The fourth-order valence-corrected chi connectivity index (χ4v) is 3.30. The van der Waals surface area contributed by atoms with E-state index >= 15 is 0 Å². The van der Waals surface area contributed by atoms with Gasteiger partial charge in [-0.1, -0.05) is 0 Å². The topological polar surface area (TPSA) is 113 Å². The van der Waals surface area contributed by atoms with Gasteiger partial charge in [0.25, 0.3) is 11.6 Å². The summed E-state index contributed by atoms with van der Waals surface area (Å²) in [6.07, 6.45) is 1.08. The molecule has 0 spiro atoms. The number of nitrogens with zero attached hydrogens (tertiary/aromatic N) is 2. The second-order valence-electron chi connectivity index (χ2n) is 7.06. The Kier molecular flexibility index (Phi) is 5.58. The molecule has 1 saturated carbocycles. The van der Waals surface area contributed by atoms with Gasteiger partial charge in [0.1, 0.15) is 5.75 Å². The number of aryl methyl sites for hydroxylation is 1. The lowest BCUT2D eigenvalue weighted by atomic mass is 10.2. The molecule has 1 aromatic carbocycles. The number of carbonyl (C=O) groups is 2. The third kappa shape index (κ3) is 4.23. The molecule has 29 heavy (non-hydrogen) atoms. The molecule has 0 unspecified atom stereocenters. The zero-order chi connectivity index (χ0) is 21.3. The maximum atomic E-state index is 12.6. The summed E-state index contributed by atoms with van der Waals surface area (Å²) in [4.78, 5) is 35.5. The quantitative estimate of drug-likeness (QED) is 0.431. The monoisotopic (exact) mass is 401 g/mol. The number of amides is 1. The average molecular weight is 401 g/mol. The Balaban J connectivity index is 1.71. The number of rotatable bonds is 7. The fraction of sp³-hybridized carbons (Fsp3) is 0.400. The van der Waals surface area contributed by atoms with E-state index in [1.807, 2.05) is 13.8 Å². The van der Waals surface area contributed by atoms with Gasteiger partial charge < -0.3 is 19.4 Å². The minimum atomic E-state index is -1.10. The molecule has 1 N–H and O–H groups in total. The first-order valence-electron chi connectivity index (χ1n) is 9.25. The standard InChI is InChI=1S/C20H23N3O6/c1-11-9-16(12(2)22(11)14-5-6-14)20(25)29-13(3)19(24)21-17-10-15(23(26)27)7-8-18(17)28-4/h7-10,13-14H,5-6H2,1-4H3,(H,21,24)/t13-/m0/s1. The van der Waals surface area contributed by atoms with Gasteiger partial charge in [-0.3, -0.25) is 14.9 Å². The van der Waals surface area contributed by atoms with Crippen molar-refractivity contribution in [3.8, 4) is 5.75 Å². The number of anilines is 1. The van der Waals surface area contributed by atoms with Crippen molar-refractivity contribution in [2.45, 2.75) is 45.8 Å². The second kappa shape index (κ2) is 7.94. The summed E-state index contributed by atoms with van der Waals surface area (Å²) in [6, 6.07) is 6.04. The van der Waals surface area contributed by atoms with Gasteiger partial charge in [-0.15, -0.1) is 0 Å². The van der Waals surface area contributed by atoms with Crippen LogP contribution in [0.4, 0.5) is 11.4 Å². The van der Waals surface area contributed by atoms with Gasteiger partial charge in [0.2, 0.25) is 0 Å². The zero-order valence-electron chi connectivity index (χ0n) is 16.7. The number of methoxy groups -OCH3 is 1. The molecule has 1 aromatic heterocycles. The largest absolute Gasteiger partial charge is 0.495 e. The predicted molar refractivity (Wildman–Crippen MR) is 105 cm³/mol. The van der Waals surface area contributed by atoms with Crippen molar-refractivity contribution in [3.63, 3.8) is 0 Å². The molecule has 3 rings (SSSR count). The lowest BCUT2D eigenvalue weighted by Crippen LogP contribution is -2.30. The maximum Gasteiger partial charge on any atom is 0.340 e. The molecule has 9 nitrogen and oxygen atoms in total. The van der Waals surface area contributed by atoms with Crippen LogP contribution in [-0.4, -0.2) is 34.6 Å². The Hall–Kier alpha value is -3.36. The first-order chi connectivity index (χ1) is 13.7. The Labute approximate surface area is 167 Å². The number of aromatic nitrogens is 1. The number of benzene rings is 1. The molecule has 9 heteroatoms. The van der Waals surface area contributed by atoms with E-state index in [1.165, 1.54) is 32.2 Å². The van der Waals surface area contributed by atoms with Crippen molar-refractivity contribution in [2.75, 3.05) is 12.4 Å². The highest BCUT2D eigenvalue weighted by atomic mass is 16.6. The third-order valence-corrected chi connectivity index (χ3v) is 4.92. The lowest BCUT2D eigenvalue weighted by Gasteiger charge is -2.15. The normalized spacial score (nSPS) is 14.2. The van der Waals surface area contributed by atoms with Gasteiger partial charge in [-0.05, 0) is 45.7 Å². The summed E-state index contributed by atoms with van der Waals surface area (Å²) in [6.45, 7) is 5.24. The van der Waals surface area contributed by atoms with E-state index in [9.17, 15) is 19.7 Å². The van der Waals surface area contributed by atoms with Gasteiger partial charge in [-0.25, -0.2) is 4.79 Å². The van der Waals surface area contributed by atoms with Crippen LogP contribution in [0.1, 0.15) is 47.6 Å². The predicted octanol–water partition coefficient (Wildman–Crippen LogP) is 3.54. The molecule has 1 atom stereocenters. The van der Waals surface area contributed by atoms with E-state index in [-0.39, 0.29) is 17.1 Å². The van der Waals surface area contributed by atoms with Crippen molar-refractivity contribution in [2.24, 2.45) is 0 Å². The number of nitrogens with one attached hydrogen (secondary N) is 1. The summed E-state index contributed by atoms with van der Waals surface area (Å²) in [5, 5.41) is 13.5. The molecule has 1 aliphatic carbocycles. The highest BCUT2D eigenvalue weighted by molar-refractivity contribution is 5.98. The SMILES string of the molecule is COc1ccc([N+](=O)[O-])cc1NC(=O)[C@H](C)OC(=O)c1cc(C)n(C2CC2)c1C. The van der Waals surface area contributed by atoms with Crippen molar-refractivity contribution >= 4 is 23.3 Å². The highest BCUT2D eigenvalue weighted by Crippen LogP contribution is 2.38. The van der Waals surface area contributed by atoms with E-state index in [0.717, 1.165) is 24.2 Å². The minimum Gasteiger partial charge on any atom is -0.495 e. The summed E-state index contributed by atoms with van der Waals surface area (Å²) >= 11 is 0. The van der Waals surface area contributed by atoms with Crippen LogP contribution < -0.4 is 10.1 Å². The summed E-state index contributed by atoms with van der Waals surface area (Å²) in [5.41, 5.74) is 2.17. The number of nitro groups is 1. The van der Waals surface area contributed by atoms with Gasteiger partial charge >= 0.3 is 5.97 Å². The smallest absolute Gasteiger partial charge is 0.340 e. The number of hydrogen-bond acceptors (Lipinski definition) is 6. The molecular weight excluding hydrogens is 378 g/mol. The Morgan fingerprint density at radius 1 is 1.28 bits per heavy atom. The van der Waals surface area contributed by atoms with E-state index in [2.05, 4.69) is 9.88 Å². The molecular formula is C20H23N3O6. The Morgan fingerprint density at radius 3 is 2.55 bits per heavy atom. The molecule has 0 radical (unpaired) electrons. The number of hydrogen-bond donors (Lipinski definition) is 1. The Morgan fingerprint density at radius 2 is 1.97 bits per heavy atom. The average Bonchev–Trinajstić information content (AvgIpc) is 3.45. The first-order valence-corrected chi connectivity index (χ1v) is 9.25. The molecule has 1 amide bonds. The van der Waals surface area contributed by atoms with Gasteiger partial charge in [0.05, 0.1) is 23.3 Å². The van der Waals surface area contributed by atoms with Gasteiger partial charge in [0, 0.05) is 29.6 Å². The summed E-state index contributed by atoms with van der Waals surface area (Å²) in [7, 11) is 1.38. The lowest BCUT2D eigenvalue weighted by molar-refractivity contribution is -0.384. The van der Waals surface area contributed by atoms with Crippen molar-refractivity contribution in [1.29, 1.82) is 0 Å². The molecule has 154 valence electrons. The molecule has 1 aliphatic rings. The first kappa shape index (κ1) is 20.4. The molecule has 0 aliphatic heterocycles. The third-order valence-electron chi connectivity index (χ3n) is 4.92. The van der Waals surface area contributed by atoms with Crippen LogP contribution in [0.3, 0.4) is 0 Å². The second-order valence-corrected chi connectivity index (χ2v) is 7.06. The highest BCUT2D eigenvalue weighted by Gasteiger charge is 2.30. The van der Waals surface area contributed by atoms with Crippen LogP contribution >= 0.6 is 0 Å². The molecule has 2 aromatic rings. The summed E-state index contributed by atoms with van der Waals surface area (Å²) < 4.78 is 12.6. The van der Waals surface area contributed by atoms with E-state index in [0.29, 0.717) is 11.6 Å². The van der Waals surface area contributed by atoms with Crippen LogP contribution in [0, 0.1) is 24.0 Å². The number of carbonyl (C=O) groups excluding carboxylic acids is 2. The van der Waals surface area contributed by atoms with E-state index in [1.54, 1.807) is 6.07 Å². The van der Waals surface area contributed by atoms with Crippen molar-refractivity contribution in [3.05, 3.63) is 51.3 Å². The number of ether oxygens (including phenoxy) is 2. The minimum absolute atomic E-state index is 0.126. The number of nitro benzene ring substituents is 1. The van der Waals surface area contributed by atoms with Crippen LogP contribution in [0.25, 0.3) is 0 Å². The Bertz CT molecular complexity index is 977. The van der Waals surface area contributed by atoms with Crippen molar-refractivity contribution in [1.82, 2.24) is 4.57 Å². The fourth-order valence-electron chi connectivity index (χ4n) is 3.30. The van der Waals surface area contributed by atoms with E-state index < -0.39 is 22.9 Å². The molecule has 1 fully saturated rings. The number of non-ortho nitro benzene ring substituents is 1. The maximum absolute atomic E-state index is 12.6. The van der Waals surface area contributed by atoms with Crippen LogP contribution in [0.2, 0.25) is 0 Å². The van der Waals surface area contributed by atoms with Gasteiger partial charge in [-0.2, -0.15) is 0 Å². The molecule has 0 bridgehead atoms. The van der Waals surface area contributed by atoms with Gasteiger partial charge in [0.15, 0.2) is 6.10 Å². The van der Waals surface area contributed by atoms with Crippen molar-refractivity contribution < 1.29 is 24.0 Å². The van der Waals surface area contributed by atoms with E-state index in [4.69, 9.17) is 9.47 Å². The van der Waals surface area contributed by atoms with Crippen LogP contribution in [0.15, 0.2) is 24.3 Å². The van der Waals surface area contributed by atoms with Crippen LogP contribution in [0.5, 0.6) is 5.75 Å². The number of esters is 1.